The summed E-state index contributed by atoms with van der Waals surface area (Å²) in [5.41, 5.74) is 0. The Bertz CT molecular complexity index is 2420. The van der Waals surface area contributed by atoms with Gasteiger partial charge in [-0.25, -0.2) is 17.6 Å². The van der Waals surface area contributed by atoms with E-state index in [4.69, 9.17) is 56.8 Å². The molecule has 124 heavy (non-hydrogen) atoms. The molecule has 10 unspecified atom stereocenters. The largest absolute Gasteiger partial charge is 0.385 e. The highest BCUT2D eigenvalue weighted by molar-refractivity contribution is 6.79. The standard InChI is InChI=1S/2C16H28O2.2C15H25FO2.2C11H22OSi.2C10H19FOSi/c2*1-2-9-17-10-11-18-16-12-14-7-5-3-4-6-8-15(14)13-16;2*16-7-8-17-9-10-18-15-11-13-5-3-1-2-4-6-14(13)12-15;1-4-8-12-11-7-5-6-9-13(2,3)10-11;1-3-8-12-11-13(2)9-6-4-5-7-10-13;1-13(2)8-4-3-5-10(9-13)12-7-6-11;1-13(10-12-7-6-11)8-4-2-3-5-9-13/h2*3-4,14-16H,2,5-13H2,1H3;2*1-2,13-15H,3-12H2;5,7,11H,4,6,8-10H2,1-3H3;4-5H,3,6-11H2,1-2H3;3,5,10H,4,6-9H2,1-2H3;2-3H,4-10H2,1H3/b2*4-3+;2*2-1+;;;;/t2*14-,15?,16?;2*13-,14?,15?;;;;/m1111..../s1/i;;2*16-1;;;2*11-1. The summed E-state index contributed by atoms with van der Waals surface area (Å²) in [6.07, 6.45) is 83.9. The molecule has 0 aromatic heterocycles. The van der Waals surface area contributed by atoms with Crippen molar-refractivity contribution >= 4 is 32.3 Å². The van der Waals surface area contributed by atoms with Gasteiger partial charge in [-0.3, -0.25) is 0 Å². The maximum absolute atomic E-state index is 11.9. The molecule has 4 saturated carbocycles. The van der Waals surface area contributed by atoms with Crippen molar-refractivity contribution in [3.8, 4) is 0 Å². The SMILES string of the molecule is CCCOC1C=CCC[Si](C)(C)C1.CCCOCCOC1CC2CC/C=C/CC[C@@H]2C1.CCCOCCOC1CC2CC/C=C/CC[C@@H]2C1.CCCOC[Si]1(C)CCC=CCC1.C[Si]1(C)CCC=CC(OCC[18F])C1.C[Si]1(COCC[18F])CCC=CCC1.[18F]CCOCCOC1CC2CC/C=C/CC[C@@H]2C1.[18F]CCOCCOC1CC2CC/C=C/CC[C@@H]2C1. The van der Waals surface area contributed by atoms with Crippen LogP contribution in [0.2, 0.25) is 87.6 Å². The van der Waals surface area contributed by atoms with Crippen molar-refractivity contribution in [3.05, 3.63) is 97.2 Å². The third-order valence-electron chi connectivity index (χ3n) is 27.5. The normalized spacial score (nSPS) is 29.8. The smallest absolute Gasteiger partial charge is 0.113 e. The van der Waals surface area contributed by atoms with Gasteiger partial charge >= 0.3 is 0 Å². The molecule has 4 aliphatic heterocycles. The second-order valence-corrected chi connectivity index (χ2v) is 60.3. The minimum atomic E-state index is -1.18. The Morgan fingerprint density at radius 1 is 0.234 bits per heavy atom. The average Bonchev–Trinajstić information content (AvgIpc) is 1.72. The number of alkyl halides is 4. The monoisotopic (exact) mass is 1810 g/mol. The highest BCUT2D eigenvalue weighted by Gasteiger charge is 2.39. The fourth-order valence-corrected chi connectivity index (χ4v) is 31.3. The first-order chi connectivity index (χ1) is 60.4. The van der Waals surface area contributed by atoms with E-state index in [1.165, 1.54) is 235 Å². The van der Waals surface area contributed by atoms with Crippen LogP contribution in [0, 0.1) is 47.3 Å². The molecule has 0 bridgehead atoms. The number of hydrogen-bond acceptors (Lipinski definition) is 12. The second kappa shape index (κ2) is 71.6. The maximum Gasteiger partial charge on any atom is 0.113 e. The van der Waals surface area contributed by atoms with Crippen LogP contribution in [0.4, 0.5) is 17.6 Å². The third kappa shape index (κ3) is 53.7. The quantitative estimate of drug-likeness (QED) is 0.0254. The van der Waals surface area contributed by atoms with Crippen molar-refractivity contribution in [1.29, 1.82) is 0 Å². The summed E-state index contributed by atoms with van der Waals surface area (Å²) in [4.78, 5) is 0. The number of ether oxygens (including phenoxy) is 12. The van der Waals surface area contributed by atoms with Crippen LogP contribution in [0.5, 0.6) is 0 Å². The van der Waals surface area contributed by atoms with E-state index in [-0.39, 0.29) is 45.9 Å². The van der Waals surface area contributed by atoms with Crippen molar-refractivity contribution in [2.24, 2.45) is 47.3 Å². The Morgan fingerprint density at radius 3 is 0.726 bits per heavy atom. The fraction of sp³-hybridized carbons (Fsp3) is 0.846. The Kier molecular flexibility index (Phi) is 65.0. The Hall–Kier alpha value is -1.97. The molecule has 12 aliphatic rings. The molecule has 0 radical (unpaired) electrons. The average molecular weight is 1810 g/mol. The van der Waals surface area contributed by atoms with Crippen molar-refractivity contribution in [1.82, 2.24) is 0 Å². The van der Waals surface area contributed by atoms with Crippen LogP contribution in [0.1, 0.15) is 246 Å². The zero-order valence-electron chi connectivity index (χ0n) is 81.0. The summed E-state index contributed by atoms with van der Waals surface area (Å²) in [5.74, 6) is 7.07. The van der Waals surface area contributed by atoms with E-state index in [1.807, 2.05) is 0 Å². The molecule has 0 N–H and O–H groups in total. The molecule has 20 heteroatoms. The van der Waals surface area contributed by atoms with E-state index >= 15 is 0 Å². The summed E-state index contributed by atoms with van der Waals surface area (Å²) < 4.78 is 114. The van der Waals surface area contributed by atoms with E-state index in [2.05, 4.69) is 164 Å². The molecule has 14 atom stereocenters. The van der Waals surface area contributed by atoms with Gasteiger partial charge in [0.15, 0.2) is 0 Å². The number of rotatable bonds is 38. The Labute approximate surface area is 761 Å². The molecule has 4 heterocycles. The molecule has 0 spiro atoms. The van der Waals surface area contributed by atoms with Crippen LogP contribution < -0.4 is 0 Å². The van der Waals surface area contributed by atoms with Crippen LogP contribution in [0.3, 0.4) is 0 Å². The van der Waals surface area contributed by atoms with E-state index in [0.29, 0.717) is 56.9 Å². The van der Waals surface area contributed by atoms with Gasteiger partial charge in [-0.05, 0) is 278 Å². The molecular formula is C104H188F4O12Si4. The summed E-state index contributed by atoms with van der Waals surface area (Å²) >= 11 is 0. The van der Waals surface area contributed by atoms with E-state index < -0.39 is 45.6 Å². The van der Waals surface area contributed by atoms with Crippen molar-refractivity contribution in [2.45, 2.75) is 370 Å². The van der Waals surface area contributed by atoms with E-state index in [0.717, 1.165) is 144 Å². The predicted octanol–water partition coefficient (Wildman–Crippen LogP) is 27.7. The Morgan fingerprint density at radius 2 is 0.460 bits per heavy atom. The van der Waals surface area contributed by atoms with Gasteiger partial charge in [0.1, 0.15) is 26.7 Å². The first-order valence-electron chi connectivity index (χ1n) is 51.0. The lowest BCUT2D eigenvalue weighted by Crippen LogP contribution is -2.36. The molecule has 720 valence electrons. The van der Waals surface area contributed by atoms with Gasteiger partial charge in [0.2, 0.25) is 0 Å². The topological polar surface area (TPSA) is 111 Å². The number of hydrogen-bond donors (Lipinski definition) is 0. The van der Waals surface area contributed by atoms with Crippen LogP contribution in [-0.4, -0.2) is 214 Å². The third-order valence-corrected chi connectivity index (χ3v) is 41.6. The second-order valence-electron chi connectivity index (χ2n) is 40.0. The fourth-order valence-electron chi connectivity index (χ4n) is 20.5. The summed E-state index contributed by atoms with van der Waals surface area (Å²) in [7, 11) is -4.19. The molecule has 0 saturated heterocycles. The summed E-state index contributed by atoms with van der Waals surface area (Å²) in [6, 6.07) is 10.7. The van der Waals surface area contributed by atoms with Gasteiger partial charge in [-0.1, -0.05) is 200 Å². The number of allylic oxidation sites excluding steroid dienone is 14. The molecular weight excluding hydrogens is 1630 g/mol. The number of halogens is 4. The minimum Gasteiger partial charge on any atom is -0.385 e. The lowest BCUT2D eigenvalue weighted by molar-refractivity contribution is 0.00282. The minimum absolute atomic E-state index is 0.180. The van der Waals surface area contributed by atoms with Crippen molar-refractivity contribution in [3.63, 3.8) is 0 Å². The van der Waals surface area contributed by atoms with E-state index in [1.54, 1.807) is 0 Å². The van der Waals surface area contributed by atoms with Gasteiger partial charge in [-0.15, -0.1) is 0 Å². The van der Waals surface area contributed by atoms with Gasteiger partial charge in [0.25, 0.3) is 0 Å². The lowest BCUT2D eigenvalue weighted by atomic mass is 9.86. The lowest BCUT2D eigenvalue weighted by Gasteiger charge is -2.25. The van der Waals surface area contributed by atoms with Crippen LogP contribution >= 0.6 is 0 Å². The van der Waals surface area contributed by atoms with Gasteiger partial charge in [-0.2, -0.15) is 0 Å². The zero-order chi connectivity index (χ0) is 89.1. The predicted molar refractivity (Wildman–Crippen MR) is 525 cm³/mol. The Balaban J connectivity index is 0.000000253. The van der Waals surface area contributed by atoms with E-state index in [9.17, 15) is 17.6 Å². The van der Waals surface area contributed by atoms with Gasteiger partial charge in [0.05, 0.1) is 148 Å². The molecule has 8 aliphatic carbocycles. The van der Waals surface area contributed by atoms with Gasteiger partial charge < -0.3 is 56.8 Å². The summed E-state index contributed by atoms with van der Waals surface area (Å²) in [6.45, 7) is 31.6. The molecule has 12 nitrogen and oxygen atoms in total. The highest BCUT2D eigenvalue weighted by Crippen LogP contribution is 2.45. The number of fused-ring (bicyclic) bond motifs is 4. The molecule has 12 rings (SSSR count). The maximum atomic E-state index is 11.9. The first-order valence-corrected chi connectivity index (χ1v) is 64.1. The van der Waals surface area contributed by atoms with Crippen LogP contribution in [-0.2, 0) is 56.8 Å². The van der Waals surface area contributed by atoms with Gasteiger partial charge in [0, 0.05) is 38.9 Å². The zero-order valence-corrected chi connectivity index (χ0v) is 85.0. The molecule has 0 aromatic carbocycles. The van der Waals surface area contributed by atoms with Crippen molar-refractivity contribution in [2.75, 3.05) is 145 Å². The molecule has 0 amide bonds. The molecule has 0 aromatic rings. The first kappa shape index (κ1) is 113. The van der Waals surface area contributed by atoms with Crippen LogP contribution in [0.15, 0.2) is 97.2 Å². The van der Waals surface area contributed by atoms with Crippen LogP contribution in [0.25, 0.3) is 0 Å². The highest BCUT2D eigenvalue weighted by atomic mass is 28.3. The van der Waals surface area contributed by atoms with Crippen molar-refractivity contribution < 1.29 is 74.4 Å². The molecule has 4 fully saturated rings. The summed E-state index contributed by atoms with van der Waals surface area (Å²) in [5, 5.41) is 0.